The Labute approximate surface area is 157 Å². The van der Waals surface area contributed by atoms with Gasteiger partial charge in [-0.2, -0.15) is 0 Å². The summed E-state index contributed by atoms with van der Waals surface area (Å²) in [6.45, 7) is 3.51. The molecule has 0 aliphatic heterocycles. The highest BCUT2D eigenvalue weighted by Gasteiger charge is 2.15. The average molecular weight is 363 g/mol. The minimum absolute atomic E-state index is 0.0617. The number of anilines is 1. The first-order valence-electron chi connectivity index (χ1n) is 9.60. The molecule has 4 aromatic rings. The molecule has 0 atom stereocenters. The van der Waals surface area contributed by atoms with Gasteiger partial charge in [-0.1, -0.05) is 12.1 Å². The number of rotatable bonds is 9. The van der Waals surface area contributed by atoms with E-state index in [4.69, 9.17) is 5.73 Å². The third kappa shape index (κ3) is 3.34. The Bertz CT molecular complexity index is 1100. The zero-order chi connectivity index (χ0) is 18.6. The number of nitrogens with one attached hydrogen (secondary N) is 2. The molecular formula is C21H25N5O. The highest BCUT2D eigenvalue weighted by atomic mass is 16.1. The van der Waals surface area contributed by atoms with Gasteiger partial charge in [-0.3, -0.25) is 9.20 Å². The molecule has 0 aliphatic rings. The first kappa shape index (κ1) is 17.7. The molecule has 27 heavy (non-hydrogen) atoms. The van der Waals surface area contributed by atoms with Crippen LogP contribution in [-0.4, -0.2) is 35.6 Å². The molecule has 0 amide bonds. The number of para-hydroxylation sites is 1. The second-order valence-corrected chi connectivity index (χ2v) is 6.84. The van der Waals surface area contributed by atoms with Gasteiger partial charge in [0.1, 0.15) is 6.33 Å². The number of benzene rings is 2. The first-order chi connectivity index (χ1) is 13.3. The van der Waals surface area contributed by atoms with Crippen LogP contribution in [0.3, 0.4) is 0 Å². The van der Waals surface area contributed by atoms with Gasteiger partial charge in [-0.05, 0) is 63.2 Å². The van der Waals surface area contributed by atoms with E-state index in [1.807, 2.05) is 40.8 Å². The van der Waals surface area contributed by atoms with Crippen LogP contribution in [0.2, 0.25) is 0 Å². The first-order valence-corrected chi connectivity index (χ1v) is 9.60. The predicted molar refractivity (Wildman–Crippen MR) is 112 cm³/mol. The third-order valence-electron chi connectivity index (χ3n) is 5.00. The van der Waals surface area contributed by atoms with Crippen molar-refractivity contribution in [3.8, 4) is 0 Å². The molecule has 0 radical (unpaired) electrons. The van der Waals surface area contributed by atoms with Gasteiger partial charge >= 0.3 is 0 Å². The maximum absolute atomic E-state index is 13.1. The Morgan fingerprint density at radius 1 is 1.00 bits per heavy atom. The number of pyridine rings is 1. The molecule has 140 valence electrons. The molecule has 0 aliphatic carbocycles. The number of nitrogens with zero attached hydrogens (tertiary/aromatic N) is 2. The second kappa shape index (κ2) is 7.90. The summed E-state index contributed by atoms with van der Waals surface area (Å²) in [5.74, 6) is 0. The van der Waals surface area contributed by atoms with Gasteiger partial charge in [0.05, 0.1) is 21.9 Å². The van der Waals surface area contributed by atoms with Crippen molar-refractivity contribution >= 4 is 33.0 Å². The lowest BCUT2D eigenvalue weighted by molar-refractivity contribution is 0.615. The van der Waals surface area contributed by atoms with Crippen LogP contribution in [0.1, 0.15) is 19.3 Å². The summed E-state index contributed by atoms with van der Waals surface area (Å²) < 4.78 is 2.02. The van der Waals surface area contributed by atoms with Gasteiger partial charge in [0.25, 0.3) is 0 Å². The van der Waals surface area contributed by atoms with E-state index in [0.717, 1.165) is 78.5 Å². The fraction of sp³-hybridized carbons (Fsp3) is 0.333. The van der Waals surface area contributed by atoms with E-state index in [1.54, 1.807) is 6.33 Å². The van der Waals surface area contributed by atoms with E-state index in [0.29, 0.717) is 0 Å². The lowest BCUT2D eigenvalue weighted by Crippen LogP contribution is -2.20. The van der Waals surface area contributed by atoms with Gasteiger partial charge in [0, 0.05) is 17.6 Å². The van der Waals surface area contributed by atoms with Crippen molar-refractivity contribution in [3.05, 3.63) is 52.9 Å². The van der Waals surface area contributed by atoms with Crippen LogP contribution in [0.4, 0.5) is 5.69 Å². The quantitative estimate of drug-likeness (QED) is 0.314. The Hall–Kier alpha value is -2.70. The van der Waals surface area contributed by atoms with E-state index in [1.165, 1.54) is 0 Å². The average Bonchev–Trinajstić information content (AvgIpc) is 3.13. The third-order valence-corrected chi connectivity index (χ3v) is 5.00. The highest BCUT2D eigenvalue weighted by Crippen LogP contribution is 2.28. The van der Waals surface area contributed by atoms with Gasteiger partial charge < -0.3 is 16.4 Å². The Morgan fingerprint density at radius 3 is 2.74 bits per heavy atom. The number of hydrogen-bond acceptors (Lipinski definition) is 5. The van der Waals surface area contributed by atoms with E-state index in [9.17, 15) is 4.79 Å². The summed E-state index contributed by atoms with van der Waals surface area (Å²) in [6.07, 6.45) is 4.97. The standard InChI is InChI=1S/C21H25N5O/c22-10-3-4-11-23-12-5-13-24-16-8-9-17-20-19(16)21(27)15-6-1-2-7-18(15)26(20)14-25-17/h1-2,6-9,14,23-24H,3-5,10-13,22H2. The summed E-state index contributed by atoms with van der Waals surface area (Å²) in [6, 6.07) is 11.6. The molecule has 0 saturated heterocycles. The topological polar surface area (TPSA) is 84.4 Å². The van der Waals surface area contributed by atoms with Gasteiger partial charge in [0.15, 0.2) is 5.43 Å². The summed E-state index contributed by atoms with van der Waals surface area (Å²) in [4.78, 5) is 17.6. The highest BCUT2D eigenvalue weighted by molar-refractivity contribution is 6.06. The maximum Gasteiger partial charge on any atom is 0.199 e. The molecule has 0 fully saturated rings. The van der Waals surface area contributed by atoms with Crippen molar-refractivity contribution < 1.29 is 0 Å². The molecule has 2 heterocycles. The number of fused-ring (bicyclic) bond motifs is 2. The molecule has 0 saturated carbocycles. The number of nitrogens with two attached hydrogens (primary N) is 1. The smallest absolute Gasteiger partial charge is 0.199 e. The minimum atomic E-state index is 0.0617. The van der Waals surface area contributed by atoms with Crippen molar-refractivity contribution in [1.29, 1.82) is 0 Å². The zero-order valence-electron chi connectivity index (χ0n) is 15.4. The molecular weight excluding hydrogens is 338 g/mol. The summed E-state index contributed by atoms with van der Waals surface area (Å²) in [7, 11) is 0. The van der Waals surface area contributed by atoms with E-state index < -0.39 is 0 Å². The summed E-state index contributed by atoms with van der Waals surface area (Å²) in [5.41, 5.74) is 9.08. The molecule has 6 heteroatoms. The molecule has 4 N–H and O–H groups in total. The van der Waals surface area contributed by atoms with Crippen molar-refractivity contribution in [2.75, 3.05) is 31.5 Å². The van der Waals surface area contributed by atoms with Crippen molar-refractivity contribution in [2.45, 2.75) is 19.3 Å². The van der Waals surface area contributed by atoms with Crippen LogP contribution in [-0.2, 0) is 0 Å². The van der Waals surface area contributed by atoms with Gasteiger partial charge in [-0.15, -0.1) is 0 Å². The van der Waals surface area contributed by atoms with E-state index in [2.05, 4.69) is 15.6 Å². The second-order valence-electron chi connectivity index (χ2n) is 6.84. The molecule has 0 bridgehead atoms. The van der Waals surface area contributed by atoms with Crippen LogP contribution in [0.5, 0.6) is 0 Å². The van der Waals surface area contributed by atoms with E-state index >= 15 is 0 Å². The van der Waals surface area contributed by atoms with Crippen LogP contribution < -0.4 is 21.8 Å². The lowest BCUT2D eigenvalue weighted by Gasteiger charge is -2.12. The number of unbranched alkanes of at least 4 members (excludes halogenated alkanes) is 1. The maximum atomic E-state index is 13.1. The number of aromatic nitrogens is 2. The Kier molecular flexibility index (Phi) is 5.18. The van der Waals surface area contributed by atoms with E-state index in [-0.39, 0.29) is 5.43 Å². The fourth-order valence-corrected chi connectivity index (χ4v) is 3.63. The van der Waals surface area contributed by atoms with Crippen LogP contribution in [0, 0.1) is 0 Å². The molecule has 0 spiro atoms. The van der Waals surface area contributed by atoms with Crippen LogP contribution in [0.25, 0.3) is 27.3 Å². The van der Waals surface area contributed by atoms with Crippen molar-refractivity contribution in [1.82, 2.24) is 14.7 Å². The molecule has 0 unspecified atom stereocenters. The van der Waals surface area contributed by atoms with Gasteiger partial charge in [0.2, 0.25) is 0 Å². The largest absolute Gasteiger partial charge is 0.384 e. The molecule has 2 aromatic carbocycles. The van der Waals surface area contributed by atoms with Gasteiger partial charge in [-0.25, -0.2) is 4.98 Å². The molecule has 2 aromatic heterocycles. The van der Waals surface area contributed by atoms with Crippen LogP contribution in [0.15, 0.2) is 47.5 Å². The number of imidazole rings is 1. The monoisotopic (exact) mass is 363 g/mol. The Balaban J connectivity index is 1.56. The summed E-state index contributed by atoms with van der Waals surface area (Å²) in [5, 5.41) is 8.32. The number of hydrogen-bond donors (Lipinski definition) is 3. The predicted octanol–water partition coefficient (Wildman–Crippen LogP) is 2.57. The summed E-state index contributed by atoms with van der Waals surface area (Å²) >= 11 is 0. The normalized spacial score (nSPS) is 11.7. The zero-order valence-corrected chi connectivity index (χ0v) is 15.4. The molecule has 4 rings (SSSR count). The van der Waals surface area contributed by atoms with Crippen LogP contribution >= 0.6 is 0 Å². The fourth-order valence-electron chi connectivity index (χ4n) is 3.63. The van der Waals surface area contributed by atoms with Crippen molar-refractivity contribution in [3.63, 3.8) is 0 Å². The Morgan fingerprint density at radius 2 is 1.85 bits per heavy atom. The SMILES string of the molecule is NCCCCNCCCNc1ccc2ncn3c4ccccc4c(=O)c1c23. The molecule has 6 nitrogen and oxygen atoms in total. The minimum Gasteiger partial charge on any atom is -0.384 e. The van der Waals surface area contributed by atoms with Crippen molar-refractivity contribution in [2.24, 2.45) is 5.73 Å². The lowest BCUT2D eigenvalue weighted by atomic mass is 10.1.